The number of aromatic amines is 1. The van der Waals surface area contributed by atoms with E-state index in [0.717, 1.165) is 6.42 Å². The summed E-state index contributed by atoms with van der Waals surface area (Å²) in [5.74, 6) is 1.44. The highest BCUT2D eigenvalue weighted by molar-refractivity contribution is 5.45. The second-order valence-corrected chi connectivity index (χ2v) is 5.86. The zero-order valence-electron chi connectivity index (χ0n) is 12.3. The summed E-state index contributed by atoms with van der Waals surface area (Å²) in [6.45, 7) is 4.00. The van der Waals surface area contributed by atoms with E-state index < -0.39 is 0 Å². The smallest absolute Gasteiger partial charge is 0.252 e. The van der Waals surface area contributed by atoms with Crippen molar-refractivity contribution < 1.29 is 0 Å². The molecule has 2 unspecified atom stereocenters. The van der Waals surface area contributed by atoms with E-state index >= 15 is 0 Å². The molecule has 2 aromatic rings. The van der Waals surface area contributed by atoms with Crippen LogP contribution >= 0.6 is 0 Å². The van der Waals surface area contributed by atoms with Gasteiger partial charge in [-0.2, -0.15) is 0 Å². The average molecular weight is 284 g/mol. The number of anilines is 1. The summed E-state index contributed by atoms with van der Waals surface area (Å²) in [6, 6.07) is 9.69. The second-order valence-electron chi connectivity index (χ2n) is 5.86. The minimum absolute atomic E-state index is 0.00416. The Morgan fingerprint density at radius 3 is 2.90 bits per heavy atom. The van der Waals surface area contributed by atoms with Crippen LogP contribution in [0.2, 0.25) is 0 Å². The van der Waals surface area contributed by atoms with Gasteiger partial charge in [-0.25, -0.2) is 4.98 Å². The van der Waals surface area contributed by atoms with E-state index in [1.807, 2.05) is 26.0 Å². The van der Waals surface area contributed by atoms with Crippen molar-refractivity contribution in [2.45, 2.75) is 38.3 Å². The third-order valence-corrected chi connectivity index (χ3v) is 3.88. The normalized spacial score (nSPS) is 20.6. The second kappa shape index (κ2) is 5.33. The maximum absolute atomic E-state index is 11.7. The Morgan fingerprint density at radius 1 is 1.38 bits per heavy atom. The van der Waals surface area contributed by atoms with Crippen LogP contribution in [0.25, 0.3) is 0 Å². The summed E-state index contributed by atoms with van der Waals surface area (Å²) in [6.07, 6.45) is 0.841. The highest BCUT2D eigenvalue weighted by atomic mass is 16.1. The Kier molecular flexibility index (Phi) is 3.51. The zero-order valence-corrected chi connectivity index (χ0v) is 12.3. The quantitative estimate of drug-likeness (QED) is 0.804. The van der Waals surface area contributed by atoms with Crippen LogP contribution < -0.4 is 16.6 Å². The number of benzene rings is 1. The van der Waals surface area contributed by atoms with Crippen LogP contribution in [-0.4, -0.2) is 16.0 Å². The monoisotopic (exact) mass is 284 g/mol. The fourth-order valence-electron chi connectivity index (χ4n) is 2.79. The summed E-state index contributed by atoms with van der Waals surface area (Å²) in [4.78, 5) is 19.0. The first-order chi connectivity index (χ1) is 10.0. The van der Waals surface area contributed by atoms with Crippen LogP contribution in [-0.2, 0) is 6.42 Å². The lowest BCUT2D eigenvalue weighted by molar-refractivity contribution is 0.622. The molecule has 0 amide bonds. The van der Waals surface area contributed by atoms with E-state index in [-0.39, 0.29) is 23.6 Å². The predicted molar refractivity (Wildman–Crippen MR) is 83.4 cm³/mol. The van der Waals surface area contributed by atoms with Crippen molar-refractivity contribution in [2.24, 2.45) is 5.73 Å². The number of nitrogens with one attached hydrogen (secondary N) is 2. The van der Waals surface area contributed by atoms with Gasteiger partial charge >= 0.3 is 0 Å². The lowest BCUT2D eigenvalue weighted by Crippen LogP contribution is -2.30. The Hall–Kier alpha value is -2.14. The summed E-state index contributed by atoms with van der Waals surface area (Å²) in [7, 11) is 0. The zero-order chi connectivity index (χ0) is 15.0. The molecule has 1 aliphatic rings. The molecule has 0 saturated heterocycles. The van der Waals surface area contributed by atoms with Gasteiger partial charge in [0.25, 0.3) is 5.56 Å². The lowest BCUT2D eigenvalue weighted by Gasteiger charge is -2.19. The van der Waals surface area contributed by atoms with Gasteiger partial charge < -0.3 is 16.0 Å². The first-order valence-electron chi connectivity index (χ1n) is 7.26. The fraction of sp³-hybridized carbons (Fsp3) is 0.375. The van der Waals surface area contributed by atoms with Gasteiger partial charge in [0.2, 0.25) is 0 Å². The van der Waals surface area contributed by atoms with Gasteiger partial charge in [-0.1, -0.05) is 38.1 Å². The highest BCUT2D eigenvalue weighted by Gasteiger charge is 2.29. The van der Waals surface area contributed by atoms with Crippen LogP contribution in [0.15, 0.2) is 35.1 Å². The first kappa shape index (κ1) is 13.8. The molecule has 4 N–H and O–H groups in total. The Bertz CT molecular complexity index is 707. The lowest BCUT2D eigenvalue weighted by atomic mass is 10.1. The molecule has 1 aromatic carbocycles. The summed E-state index contributed by atoms with van der Waals surface area (Å²) >= 11 is 0. The summed E-state index contributed by atoms with van der Waals surface area (Å²) in [5.41, 5.74) is 8.55. The van der Waals surface area contributed by atoms with Crippen molar-refractivity contribution in [3.8, 4) is 0 Å². The molecule has 2 atom stereocenters. The molecule has 0 bridgehead atoms. The SMILES string of the molecule is CC(C)c1nc(NC2c3ccccc3CC2N)cc(=O)[nH]1. The third-order valence-electron chi connectivity index (χ3n) is 3.88. The van der Waals surface area contributed by atoms with E-state index in [2.05, 4.69) is 27.4 Å². The Balaban J connectivity index is 1.92. The standard InChI is InChI=1S/C16H20N4O/c1-9(2)16-19-13(8-14(21)20-16)18-15-11-6-4-3-5-10(11)7-12(15)17/h3-6,8-9,12,15H,7,17H2,1-2H3,(H2,18,19,20,21). The van der Waals surface area contributed by atoms with Gasteiger partial charge in [0, 0.05) is 18.0 Å². The molecule has 0 spiro atoms. The Morgan fingerprint density at radius 2 is 2.14 bits per heavy atom. The molecule has 0 radical (unpaired) electrons. The van der Waals surface area contributed by atoms with Crippen molar-refractivity contribution in [1.82, 2.24) is 9.97 Å². The molecular weight excluding hydrogens is 264 g/mol. The molecular formula is C16H20N4O. The average Bonchev–Trinajstić information content (AvgIpc) is 2.75. The van der Waals surface area contributed by atoms with Crippen molar-refractivity contribution in [1.29, 1.82) is 0 Å². The maximum Gasteiger partial charge on any atom is 0.252 e. The fourth-order valence-corrected chi connectivity index (χ4v) is 2.79. The molecule has 5 nitrogen and oxygen atoms in total. The van der Waals surface area contributed by atoms with Crippen molar-refractivity contribution in [2.75, 3.05) is 5.32 Å². The number of hydrogen-bond donors (Lipinski definition) is 3. The third kappa shape index (κ3) is 2.69. The molecule has 0 aliphatic heterocycles. The van der Waals surface area contributed by atoms with E-state index in [1.165, 1.54) is 17.2 Å². The van der Waals surface area contributed by atoms with Crippen molar-refractivity contribution in [3.63, 3.8) is 0 Å². The number of nitrogens with zero attached hydrogens (tertiary/aromatic N) is 1. The number of hydrogen-bond acceptors (Lipinski definition) is 4. The molecule has 0 saturated carbocycles. The van der Waals surface area contributed by atoms with Gasteiger partial charge in [-0.3, -0.25) is 4.79 Å². The number of nitrogens with two attached hydrogens (primary N) is 1. The van der Waals surface area contributed by atoms with E-state index in [9.17, 15) is 4.79 Å². The van der Waals surface area contributed by atoms with Crippen molar-refractivity contribution >= 4 is 5.82 Å². The molecule has 1 heterocycles. The molecule has 5 heteroatoms. The van der Waals surface area contributed by atoms with E-state index in [0.29, 0.717) is 11.6 Å². The van der Waals surface area contributed by atoms with Gasteiger partial charge in [0.15, 0.2) is 0 Å². The van der Waals surface area contributed by atoms with Crippen molar-refractivity contribution in [3.05, 3.63) is 57.6 Å². The number of H-pyrrole nitrogens is 1. The van der Waals surface area contributed by atoms with E-state index in [4.69, 9.17) is 5.73 Å². The summed E-state index contributed by atoms with van der Waals surface area (Å²) < 4.78 is 0. The molecule has 3 rings (SSSR count). The largest absolute Gasteiger partial charge is 0.361 e. The molecule has 1 aliphatic carbocycles. The van der Waals surface area contributed by atoms with Crippen LogP contribution in [0, 0.1) is 0 Å². The van der Waals surface area contributed by atoms with Gasteiger partial charge in [0.05, 0.1) is 6.04 Å². The number of fused-ring (bicyclic) bond motifs is 1. The first-order valence-corrected chi connectivity index (χ1v) is 7.26. The Labute approximate surface area is 123 Å². The number of aromatic nitrogens is 2. The minimum Gasteiger partial charge on any atom is -0.361 e. The van der Waals surface area contributed by atoms with Crippen LogP contribution in [0.4, 0.5) is 5.82 Å². The highest BCUT2D eigenvalue weighted by Crippen LogP contribution is 2.32. The van der Waals surface area contributed by atoms with Gasteiger partial charge in [0.1, 0.15) is 11.6 Å². The van der Waals surface area contributed by atoms with Gasteiger partial charge in [-0.05, 0) is 17.5 Å². The summed E-state index contributed by atoms with van der Waals surface area (Å²) in [5, 5.41) is 3.33. The van der Waals surface area contributed by atoms with Crippen LogP contribution in [0.1, 0.15) is 42.8 Å². The van der Waals surface area contributed by atoms with Gasteiger partial charge in [-0.15, -0.1) is 0 Å². The topological polar surface area (TPSA) is 83.8 Å². The van der Waals surface area contributed by atoms with Crippen LogP contribution in [0.3, 0.4) is 0 Å². The van der Waals surface area contributed by atoms with E-state index in [1.54, 1.807) is 0 Å². The molecule has 21 heavy (non-hydrogen) atoms. The predicted octanol–water partition coefficient (Wildman–Crippen LogP) is 1.93. The van der Waals surface area contributed by atoms with Crippen LogP contribution in [0.5, 0.6) is 0 Å². The maximum atomic E-state index is 11.7. The number of rotatable bonds is 3. The minimum atomic E-state index is -0.143. The molecule has 110 valence electrons. The molecule has 0 fully saturated rings. The molecule has 1 aromatic heterocycles.